The van der Waals surface area contributed by atoms with Gasteiger partial charge in [0.1, 0.15) is 12.2 Å². The van der Waals surface area contributed by atoms with Crippen LogP contribution in [0.5, 0.6) is 0 Å². The molecule has 6 atom stereocenters. The first-order valence-electron chi connectivity index (χ1n) is 44.6. The van der Waals surface area contributed by atoms with E-state index in [2.05, 4.69) is 76.7 Å². The molecular weight excluding hydrogens is 1460 g/mol. The molecular formula is C85H166N4Na2O17P2. The van der Waals surface area contributed by atoms with Crippen LogP contribution in [0, 0.1) is 11.8 Å². The Balaban J connectivity index is -0.0000572. The van der Waals surface area contributed by atoms with E-state index in [4.69, 9.17) is 37.0 Å². The number of phosphoric acid groups is 2. The Labute approximate surface area is 717 Å². The molecule has 0 rings (SSSR count). The number of nitrogens with one attached hydrogen (secondary N) is 4. The van der Waals surface area contributed by atoms with E-state index in [0.717, 1.165) is 153 Å². The Morgan fingerprint density at radius 2 is 0.564 bits per heavy atom. The number of hydrogen-bond donors (Lipinski definition) is 4. The molecule has 25 heteroatoms. The van der Waals surface area contributed by atoms with Gasteiger partial charge >= 0.3 is 77.1 Å². The summed E-state index contributed by atoms with van der Waals surface area (Å²) in [4.78, 5) is 91.6. The zero-order chi connectivity index (χ0) is 79.5. The van der Waals surface area contributed by atoms with Gasteiger partial charge in [-0.3, -0.25) is 28.3 Å². The fraction of sp³-hybridized carbons (Fsp3) is 0.941. The molecule has 21 nitrogen and oxygen atoms in total. The van der Waals surface area contributed by atoms with Crippen LogP contribution in [0.3, 0.4) is 0 Å². The van der Waals surface area contributed by atoms with E-state index in [-0.39, 0.29) is 147 Å². The van der Waals surface area contributed by atoms with Gasteiger partial charge in [-0.05, 0) is 63.2 Å². The van der Waals surface area contributed by atoms with Crippen molar-refractivity contribution in [2.24, 2.45) is 11.8 Å². The van der Waals surface area contributed by atoms with Gasteiger partial charge in [0.05, 0.1) is 64.9 Å². The fourth-order valence-corrected chi connectivity index (χ4v) is 14.7. The number of phosphoric ester groups is 2. The van der Waals surface area contributed by atoms with Gasteiger partial charge in [0, 0.05) is 51.6 Å². The summed E-state index contributed by atoms with van der Waals surface area (Å²) in [6, 6.07) is -2.46. The predicted octanol–water partition coefficient (Wildman–Crippen LogP) is 15.4. The number of carbonyl (C=O) groups is 5. The van der Waals surface area contributed by atoms with Gasteiger partial charge in [0.2, 0.25) is 11.8 Å². The van der Waals surface area contributed by atoms with Crippen LogP contribution in [-0.2, 0) is 65.4 Å². The van der Waals surface area contributed by atoms with Crippen LogP contribution in [0.1, 0.15) is 415 Å². The molecule has 0 saturated heterocycles. The Kier molecular flexibility index (Phi) is 86.0. The SMILES string of the molecule is CCCCCCCCCCCC(=O)O[C@H](CCCCCCC)CCOC[C@H](COP(=O)([O-])OCCNC(=O)NCCOP(=O)([O-])OC[C@@H](COCC[C@@H](CCCCCCC)OC(=O)CCCCCCCCCCC)NC(=O)CCCCCCCCCCCC(C)C)NC(=O)CCCCCCCCCCCC(C)C.[Na+].[Na+]. The van der Waals surface area contributed by atoms with Crippen molar-refractivity contribution in [1.82, 2.24) is 21.3 Å². The van der Waals surface area contributed by atoms with Crippen LogP contribution in [0.4, 0.5) is 4.79 Å². The van der Waals surface area contributed by atoms with Crippen LogP contribution in [0.25, 0.3) is 0 Å². The third-order valence-electron chi connectivity index (χ3n) is 19.9. The monoisotopic (exact) mass is 1620 g/mol. The number of rotatable bonds is 84. The number of carbonyl (C=O) groups excluding carboxylic acids is 5. The van der Waals surface area contributed by atoms with Crippen molar-refractivity contribution in [2.45, 2.75) is 439 Å². The maximum absolute atomic E-state index is 13.3. The summed E-state index contributed by atoms with van der Waals surface area (Å²) < 4.78 is 71.0. The molecule has 0 fully saturated rings. The van der Waals surface area contributed by atoms with E-state index in [1.807, 2.05) is 0 Å². The summed E-state index contributed by atoms with van der Waals surface area (Å²) in [6.07, 6.45) is 56.9. The summed E-state index contributed by atoms with van der Waals surface area (Å²) in [5.74, 6) is 0.568. The third kappa shape index (κ3) is 82.4. The molecule has 2 unspecified atom stereocenters. The van der Waals surface area contributed by atoms with E-state index in [9.17, 15) is 42.9 Å². The van der Waals surface area contributed by atoms with Crippen LogP contribution in [-0.4, -0.2) is 120 Å². The first-order valence-corrected chi connectivity index (χ1v) is 47.5. The largest absolute Gasteiger partial charge is 1.00 e. The normalized spacial score (nSPS) is 13.7. The minimum Gasteiger partial charge on any atom is -0.756 e. The van der Waals surface area contributed by atoms with Crippen molar-refractivity contribution in [1.29, 1.82) is 0 Å². The minimum absolute atomic E-state index is 0. The average Bonchev–Trinajstić information content (AvgIpc) is 0.913. The molecule has 4 amide bonds. The first kappa shape index (κ1) is 113. The number of unbranched alkanes of at least 4 members (excludes halogenated alkanes) is 40. The number of esters is 2. The van der Waals surface area contributed by atoms with Crippen molar-refractivity contribution in [3.05, 3.63) is 0 Å². The minimum atomic E-state index is -4.96. The topological polar surface area (TPSA) is 288 Å². The van der Waals surface area contributed by atoms with E-state index in [0.29, 0.717) is 51.4 Å². The Hall–Kier alpha value is -0.710. The molecule has 0 saturated carbocycles. The molecule has 0 spiro atoms. The van der Waals surface area contributed by atoms with E-state index in [1.54, 1.807) is 0 Å². The first-order chi connectivity index (χ1) is 52.2. The molecule has 0 aromatic heterocycles. The van der Waals surface area contributed by atoms with Gasteiger partial charge in [0.15, 0.2) is 0 Å². The third-order valence-corrected chi connectivity index (χ3v) is 21.8. The molecule has 0 aliphatic rings. The van der Waals surface area contributed by atoms with Crippen LogP contribution in [0.15, 0.2) is 0 Å². The van der Waals surface area contributed by atoms with Crippen LogP contribution in [0.2, 0.25) is 0 Å². The molecule has 0 radical (unpaired) electrons. The molecule has 0 aliphatic heterocycles. The van der Waals surface area contributed by atoms with Crippen molar-refractivity contribution in [3.63, 3.8) is 0 Å². The Morgan fingerprint density at radius 3 is 0.845 bits per heavy atom. The quantitative estimate of drug-likeness (QED) is 0.0190. The summed E-state index contributed by atoms with van der Waals surface area (Å²) in [5.41, 5.74) is 0. The van der Waals surface area contributed by atoms with Crippen LogP contribution >= 0.6 is 15.6 Å². The van der Waals surface area contributed by atoms with E-state index < -0.39 is 60.2 Å². The number of ether oxygens (including phenoxy) is 4. The molecule has 110 heavy (non-hydrogen) atoms. The van der Waals surface area contributed by atoms with Crippen LogP contribution < -0.4 is 90.2 Å². The summed E-state index contributed by atoms with van der Waals surface area (Å²) in [7, 11) is -9.93. The molecule has 0 aliphatic carbocycles. The van der Waals surface area contributed by atoms with E-state index in [1.165, 1.54) is 154 Å². The number of urea groups is 1. The molecule has 0 heterocycles. The second-order valence-electron chi connectivity index (χ2n) is 31.6. The summed E-state index contributed by atoms with van der Waals surface area (Å²) >= 11 is 0. The molecule has 0 bridgehead atoms. The zero-order valence-corrected chi connectivity index (χ0v) is 78.3. The fourth-order valence-electron chi connectivity index (χ4n) is 13.2. The van der Waals surface area contributed by atoms with Gasteiger partial charge in [-0.1, -0.05) is 325 Å². The van der Waals surface area contributed by atoms with Crippen molar-refractivity contribution in [3.8, 4) is 0 Å². The molecule has 640 valence electrons. The van der Waals surface area contributed by atoms with Gasteiger partial charge in [-0.25, -0.2) is 4.79 Å². The smallest absolute Gasteiger partial charge is 0.756 e. The Bertz CT molecular complexity index is 2040. The van der Waals surface area contributed by atoms with Crippen molar-refractivity contribution < 1.29 is 139 Å². The van der Waals surface area contributed by atoms with E-state index >= 15 is 0 Å². The van der Waals surface area contributed by atoms with Crippen molar-refractivity contribution in [2.75, 3.05) is 65.9 Å². The van der Waals surface area contributed by atoms with Gasteiger partial charge in [-0.15, -0.1) is 0 Å². The maximum Gasteiger partial charge on any atom is 1.00 e. The summed E-state index contributed by atoms with van der Waals surface area (Å²) in [6.45, 7) is 15.7. The summed E-state index contributed by atoms with van der Waals surface area (Å²) in [5, 5.41) is 10.7. The molecule has 0 aromatic carbocycles. The van der Waals surface area contributed by atoms with Gasteiger partial charge < -0.3 is 68.1 Å². The second-order valence-corrected chi connectivity index (χ2v) is 34.4. The molecule has 0 aromatic rings. The average molecular weight is 1620 g/mol. The number of amides is 4. The standard InChI is InChI=1S/C85H168N4O17P2.2Na/c1-9-13-17-21-23-27-37-45-53-61-83(92)105-79(57-49-39-19-15-11-3)63-67-99-71-77(88-81(90)59-51-43-35-31-25-29-33-41-47-55-75(5)6)73-103-107(95,96)101-69-65-86-85(94)87-66-70-102-108(97,98)104-74-78(89-82(91)60-52-44-36-32-26-30-34-42-48-56-76(7)8)72-100-68-64-80(58-50-40-20-16-12-4)106-84(93)62-54-46-38-28-24-22-18-14-10-2;;/h75-80H,9-74H2,1-8H3,(H,88,90)(H,89,91)(H,95,96)(H,97,98)(H2,86,87,94);;/q;2*+1/p-2/t77-,78-,79-,80-;;/m1../s1. The Morgan fingerprint density at radius 1 is 0.309 bits per heavy atom. The molecule has 4 N–H and O–H groups in total. The van der Waals surface area contributed by atoms with Gasteiger partial charge in [0.25, 0.3) is 15.6 Å². The predicted molar refractivity (Wildman–Crippen MR) is 437 cm³/mol. The van der Waals surface area contributed by atoms with Gasteiger partial charge in [-0.2, -0.15) is 0 Å². The zero-order valence-electron chi connectivity index (χ0n) is 72.5. The van der Waals surface area contributed by atoms with Crippen molar-refractivity contribution >= 4 is 45.4 Å². The second kappa shape index (κ2) is 83.4. The number of hydrogen-bond acceptors (Lipinski definition) is 17. The maximum atomic E-state index is 13.3.